The highest BCUT2D eigenvalue weighted by Crippen LogP contribution is 2.13. The van der Waals surface area contributed by atoms with Crippen molar-refractivity contribution >= 4 is 5.97 Å². The van der Waals surface area contributed by atoms with Gasteiger partial charge in [-0.1, -0.05) is 24.5 Å². The lowest BCUT2D eigenvalue weighted by Gasteiger charge is -2.26. The molecule has 2 rings (SSSR count). The van der Waals surface area contributed by atoms with Gasteiger partial charge >= 0.3 is 5.97 Å². The molecule has 0 aliphatic carbocycles. The smallest absolute Gasteiger partial charge is 0.382 e. The molecule has 94 valence electrons. The molecule has 0 atom stereocenters. The van der Waals surface area contributed by atoms with Crippen LogP contribution in [0.5, 0.6) is 0 Å². The summed E-state index contributed by atoms with van der Waals surface area (Å²) in [6.45, 7) is 3.34. The fourth-order valence-corrected chi connectivity index (χ4v) is 2.19. The number of hydrogen-bond acceptors (Lipinski definition) is 2. The molecular weight excluding hydrogens is 226 g/mol. The fourth-order valence-electron chi connectivity index (χ4n) is 2.19. The van der Waals surface area contributed by atoms with Gasteiger partial charge in [0, 0.05) is 18.0 Å². The lowest BCUT2D eigenvalue weighted by molar-refractivity contribution is -0.130. The number of likely N-dealkylation sites (tertiary alicyclic amines) is 1. The van der Waals surface area contributed by atoms with E-state index in [0.717, 1.165) is 12.1 Å². The van der Waals surface area contributed by atoms with Crippen molar-refractivity contribution in [3.05, 3.63) is 35.4 Å². The molecule has 1 saturated heterocycles. The minimum absolute atomic E-state index is 0.750. The Morgan fingerprint density at radius 3 is 2.44 bits per heavy atom. The van der Waals surface area contributed by atoms with E-state index in [9.17, 15) is 4.79 Å². The minimum atomic E-state index is -1.09. The van der Waals surface area contributed by atoms with Gasteiger partial charge in [-0.05, 0) is 43.6 Å². The summed E-state index contributed by atoms with van der Waals surface area (Å²) in [6.07, 6.45) is 3.94. The largest absolute Gasteiger partial charge is 0.472 e. The molecule has 3 nitrogen and oxygen atoms in total. The molecule has 0 aromatic heterocycles. The van der Waals surface area contributed by atoms with Crippen LogP contribution in [0.1, 0.15) is 30.4 Å². The monoisotopic (exact) mass is 243 g/mol. The molecule has 0 unspecified atom stereocenters. The van der Waals surface area contributed by atoms with Crippen LogP contribution in [0.15, 0.2) is 24.3 Å². The van der Waals surface area contributed by atoms with Crippen LogP contribution in [-0.2, 0) is 11.3 Å². The quantitative estimate of drug-likeness (QED) is 0.809. The average molecular weight is 243 g/mol. The number of benzene rings is 1. The van der Waals surface area contributed by atoms with Gasteiger partial charge in [0.25, 0.3) is 0 Å². The Morgan fingerprint density at radius 2 is 1.83 bits per heavy atom. The Morgan fingerprint density at radius 1 is 1.17 bits per heavy atom. The molecule has 0 saturated carbocycles. The molecule has 1 aromatic rings. The van der Waals surface area contributed by atoms with E-state index in [2.05, 4.69) is 16.7 Å². The van der Waals surface area contributed by atoms with Gasteiger partial charge in [0.1, 0.15) is 0 Å². The Balaban J connectivity index is 1.95. The molecule has 18 heavy (non-hydrogen) atoms. The summed E-state index contributed by atoms with van der Waals surface area (Å²) < 4.78 is 0. The van der Waals surface area contributed by atoms with E-state index >= 15 is 0 Å². The molecule has 1 heterocycles. The van der Waals surface area contributed by atoms with Crippen LogP contribution in [0.2, 0.25) is 0 Å². The predicted molar refractivity (Wildman–Crippen MR) is 70.1 cm³/mol. The topological polar surface area (TPSA) is 40.5 Å². The van der Waals surface area contributed by atoms with E-state index in [1.807, 2.05) is 24.3 Å². The van der Waals surface area contributed by atoms with Crippen LogP contribution in [0.3, 0.4) is 0 Å². The zero-order valence-electron chi connectivity index (χ0n) is 10.4. The number of aliphatic carboxylic acids is 1. The van der Waals surface area contributed by atoms with Gasteiger partial charge < -0.3 is 5.11 Å². The first-order valence-electron chi connectivity index (χ1n) is 6.30. The molecule has 1 aromatic carbocycles. The van der Waals surface area contributed by atoms with Crippen molar-refractivity contribution in [2.45, 2.75) is 25.8 Å². The standard InChI is InChI=1S/C15H17NO2/c17-15(18)9-8-13-4-6-14(7-5-13)12-16-10-2-1-3-11-16/h4-7H,1-3,10-12H2,(H,17,18). The van der Waals surface area contributed by atoms with Crippen LogP contribution in [-0.4, -0.2) is 29.1 Å². The van der Waals surface area contributed by atoms with E-state index in [1.54, 1.807) is 0 Å². The molecule has 0 bridgehead atoms. The molecule has 1 fully saturated rings. The maximum Gasteiger partial charge on any atom is 0.382 e. The number of carboxylic acid groups (broad SMARTS) is 1. The number of rotatable bonds is 2. The summed E-state index contributed by atoms with van der Waals surface area (Å²) in [4.78, 5) is 12.8. The molecule has 1 aliphatic heterocycles. The summed E-state index contributed by atoms with van der Waals surface area (Å²) in [5, 5.41) is 8.47. The lowest BCUT2D eigenvalue weighted by Crippen LogP contribution is -2.29. The van der Waals surface area contributed by atoms with E-state index < -0.39 is 5.97 Å². The highest BCUT2D eigenvalue weighted by molar-refractivity contribution is 5.87. The number of piperidine rings is 1. The van der Waals surface area contributed by atoms with Crippen molar-refractivity contribution in [1.82, 2.24) is 4.90 Å². The van der Waals surface area contributed by atoms with Gasteiger partial charge in [0.05, 0.1) is 0 Å². The third-order valence-electron chi connectivity index (χ3n) is 3.12. The maximum atomic E-state index is 10.3. The van der Waals surface area contributed by atoms with Gasteiger partial charge in [0.15, 0.2) is 0 Å². The minimum Gasteiger partial charge on any atom is -0.472 e. The van der Waals surface area contributed by atoms with Crippen molar-refractivity contribution < 1.29 is 9.90 Å². The Labute approximate surface area is 107 Å². The van der Waals surface area contributed by atoms with Crippen LogP contribution < -0.4 is 0 Å². The Hall–Kier alpha value is -1.79. The summed E-state index contributed by atoms with van der Waals surface area (Å²) in [5.41, 5.74) is 2.01. The maximum absolute atomic E-state index is 10.3. The van der Waals surface area contributed by atoms with E-state index in [0.29, 0.717) is 0 Å². The lowest BCUT2D eigenvalue weighted by atomic mass is 10.1. The molecule has 0 spiro atoms. The Bertz CT molecular complexity index is 462. The average Bonchev–Trinajstić information content (AvgIpc) is 2.39. The first kappa shape index (κ1) is 12.7. The SMILES string of the molecule is O=C(O)C#Cc1ccc(CN2CCCCC2)cc1. The normalized spacial score (nSPS) is 15.8. The summed E-state index contributed by atoms with van der Waals surface area (Å²) >= 11 is 0. The van der Waals surface area contributed by atoms with Gasteiger partial charge in [-0.25, -0.2) is 4.79 Å². The van der Waals surface area contributed by atoms with E-state index in [1.165, 1.54) is 37.9 Å². The summed E-state index contributed by atoms with van der Waals surface area (Å²) in [6, 6.07) is 7.82. The van der Waals surface area contributed by atoms with Crippen LogP contribution in [0.4, 0.5) is 0 Å². The van der Waals surface area contributed by atoms with Crippen molar-refractivity contribution in [1.29, 1.82) is 0 Å². The van der Waals surface area contributed by atoms with Crippen molar-refractivity contribution in [2.24, 2.45) is 0 Å². The van der Waals surface area contributed by atoms with E-state index in [-0.39, 0.29) is 0 Å². The van der Waals surface area contributed by atoms with Crippen molar-refractivity contribution in [3.8, 4) is 11.8 Å². The third kappa shape index (κ3) is 3.90. The number of carbonyl (C=O) groups is 1. The predicted octanol–water partition coefficient (Wildman–Crippen LogP) is 2.11. The zero-order valence-corrected chi connectivity index (χ0v) is 10.4. The first-order chi connectivity index (χ1) is 8.74. The van der Waals surface area contributed by atoms with Crippen LogP contribution >= 0.6 is 0 Å². The zero-order chi connectivity index (χ0) is 12.8. The summed E-state index contributed by atoms with van der Waals surface area (Å²) in [7, 11) is 0. The second kappa shape index (κ2) is 6.23. The van der Waals surface area contributed by atoms with Gasteiger partial charge in [-0.2, -0.15) is 0 Å². The number of nitrogens with zero attached hydrogens (tertiary/aromatic N) is 1. The van der Waals surface area contributed by atoms with Gasteiger partial charge in [0.2, 0.25) is 0 Å². The Kier molecular flexibility index (Phi) is 4.38. The molecule has 1 N–H and O–H groups in total. The molecule has 0 amide bonds. The third-order valence-corrected chi connectivity index (χ3v) is 3.12. The van der Waals surface area contributed by atoms with E-state index in [4.69, 9.17) is 5.11 Å². The highest BCUT2D eigenvalue weighted by Gasteiger charge is 2.09. The van der Waals surface area contributed by atoms with Crippen LogP contribution in [0.25, 0.3) is 0 Å². The van der Waals surface area contributed by atoms with Gasteiger partial charge in [-0.3, -0.25) is 4.90 Å². The van der Waals surface area contributed by atoms with Gasteiger partial charge in [-0.15, -0.1) is 0 Å². The highest BCUT2D eigenvalue weighted by atomic mass is 16.4. The molecular formula is C15H17NO2. The fraction of sp³-hybridized carbons (Fsp3) is 0.400. The van der Waals surface area contributed by atoms with Crippen molar-refractivity contribution in [2.75, 3.05) is 13.1 Å². The number of carboxylic acids is 1. The first-order valence-corrected chi connectivity index (χ1v) is 6.30. The van der Waals surface area contributed by atoms with Crippen molar-refractivity contribution in [3.63, 3.8) is 0 Å². The molecule has 3 heteroatoms. The van der Waals surface area contributed by atoms with Crippen LogP contribution in [0, 0.1) is 11.8 Å². The number of hydrogen-bond donors (Lipinski definition) is 1. The second-order valence-corrected chi connectivity index (χ2v) is 4.59. The second-order valence-electron chi connectivity index (χ2n) is 4.59. The molecule has 0 radical (unpaired) electrons. The molecule has 1 aliphatic rings. The summed E-state index contributed by atoms with van der Waals surface area (Å²) in [5.74, 6) is 3.64.